The molecule has 5 rings (SSSR count). The zero-order valence-electron chi connectivity index (χ0n) is 14.7. The smallest absolute Gasteiger partial charge is 0.119 e. The topological polar surface area (TPSA) is 18.5 Å². The zero-order valence-corrected chi connectivity index (χ0v) is 14.7. The van der Waals surface area contributed by atoms with Crippen molar-refractivity contribution in [1.82, 2.24) is 0 Å². The van der Waals surface area contributed by atoms with E-state index in [1.807, 2.05) is 12.1 Å². The van der Waals surface area contributed by atoms with Gasteiger partial charge in [-0.1, -0.05) is 48.5 Å². The van der Waals surface area contributed by atoms with E-state index in [4.69, 9.17) is 9.47 Å². The first-order chi connectivity index (χ1) is 12.8. The van der Waals surface area contributed by atoms with Crippen LogP contribution in [-0.2, 0) is 0 Å². The monoisotopic (exact) mass is 338 g/mol. The van der Waals surface area contributed by atoms with E-state index in [0.717, 1.165) is 11.5 Å². The second kappa shape index (κ2) is 5.63. The fraction of sp³-hybridized carbons (Fsp3) is 0.0833. The molecule has 0 amide bonds. The molecule has 5 aromatic rings. The maximum atomic E-state index is 5.49. The van der Waals surface area contributed by atoms with E-state index in [1.165, 1.54) is 43.1 Å². The van der Waals surface area contributed by atoms with Gasteiger partial charge in [0.05, 0.1) is 14.2 Å². The van der Waals surface area contributed by atoms with Crippen LogP contribution in [0.3, 0.4) is 0 Å². The summed E-state index contributed by atoms with van der Waals surface area (Å²) in [5.74, 6) is 1.75. The summed E-state index contributed by atoms with van der Waals surface area (Å²) < 4.78 is 11.0. The van der Waals surface area contributed by atoms with Crippen LogP contribution < -0.4 is 9.47 Å². The van der Waals surface area contributed by atoms with Crippen LogP contribution in [0.15, 0.2) is 72.8 Å². The minimum Gasteiger partial charge on any atom is -0.497 e. The van der Waals surface area contributed by atoms with Crippen LogP contribution in [0.4, 0.5) is 0 Å². The molecular weight excluding hydrogens is 320 g/mol. The van der Waals surface area contributed by atoms with E-state index in [0.29, 0.717) is 0 Å². The highest BCUT2D eigenvalue weighted by atomic mass is 16.5. The number of benzene rings is 5. The van der Waals surface area contributed by atoms with E-state index in [-0.39, 0.29) is 0 Å². The second-order valence-electron chi connectivity index (χ2n) is 6.53. The molecule has 0 bridgehead atoms. The Morgan fingerprint density at radius 3 is 1.77 bits per heavy atom. The Morgan fingerprint density at radius 1 is 0.500 bits per heavy atom. The van der Waals surface area contributed by atoms with Gasteiger partial charge in [0.2, 0.25) is 0 Å². The maximum Gasteiger partial charge on any atom is 0.119 e. The fourth-order valence-electron chi connectivity index (χ4n) is 3.98. The Hall–Kier alpha value is -3.26. The van der Waals surface area contributed by atoms with Gasteiger partial charge in [0.25, 0.3) is 0 Å². The lowest BCUT2D eigenvalue weighted by Gasteiger charge is -2.14. The summed E-state index contributed by atoms with van der Waals surface area (Å²) >= 11 is 0. The Kier molecular flexibility index (Phi) is 3.26. The molecule has 0 fully saturated rings. The zero-order chi connectivity index (χ0) is 17.7. The fourth-order valence-corrected chi connectivity index (χ4v) is 3.98. The van der Waals surface area contributed by atoms with E-state index >= 15 is 0 Å². The van der Waals surface area contributed by atoms with Crippen molar-refractivity contribution in [3.05, 3.63) is 72.8 Å². The highest BCUT2D eigenvalue weighted by Gasteiger charge is 2.12. The first kappa shape index (κ1) is 15.0. The van der Waals surface area contributed by atoms with Crippen molar-refractivity contribution < 1.29 is 9.47 Å². The highest BCUT2D eigenvalue weighted by molar-refractivity contribution is 6.31. The average molecular weight is 338 g/mol. The molecule has 0 saturated carbocycles. The SMILES string of the molecule is COc1ccc2c(c1)c1ccccc1c1ccc3ccc(OC)cc3c12. The number of rotatable bonds is 2. The van der Waals surface area contributed by atoms with Gasteiger partial charge in [-0.15, -0.1) is 0 Å². The molecule has 5 aromatic carbocycles. The van der Waals surface area contributed by atoms with Gasteiger partial charge in [-0.3, -0.25) is 0 Å². The van der Waals surface area contributed by atoms with Crippen molar-refractivity contribution in [2.24, 2.45) is 0 Å². The van der Waals surface area contributed by atoms with Gasteiger partial charge in [-0.2, -0.15) is 0 Å². The van der Waals surface area contributed by atoms with Gasteiger partial charge >= 0.3 is 0 Å². The maximum absolute atomic E-state index is 5.49. The predicted molar refractivity (Wildman–Crippen MR) is 110 cm³/mol. The summed E-state index contributed by atoms with van der Waals surface area (Å²) in [5, 5.41) is 9.90. The van der Waals surface area contributed by atoms with Crippen molar-refractivity contribution in [2.75, 3.05) is 14.2 Å². The molecule has 26 heavy (non-hydrogen) atoms. The summed E-state index contributed by atoms with van der Waals surface area (Å²) in [6.07, 6.45) is 0. The van der Waals surface area contributed by atoms with Crippen LogP contribution in [0.1, 0.15) is 0 Å². The molecular formula is C24H18O2. The van der Waals surface area contributed by atoms with Crippen molar-refractivity contribution in [3.63, 3.8) is 0 Å². The van der Waals surface area contributed by atoms with Gasteiger partial charge in [-0.05, 0) is 67.4 Å². The number of methoxy groups -OCH3 is 2. The number of ether oxygens (including phenoxy) is 2. The Morgan fingerprint density at radius 2 is 1.04 bits per heavy atom. The highest BCUT2D eigenvalue weighted by Crippen LogP contribution is 2.40. The van der Waals surface area contributed by atoms with Crippen molar-refractivity contribution in [2.45, 2.75) is 0 Å². The first-order valence-corrected chi connectivity index (χ1v) is 8.69. The molecule has 0 aromatic heterocycles. The van der Waals surface area contributed by atoms with E-state index in [9.17, 15) is 0 Å². The minimum atomic E-state index is 0.875. The first-order valence-electron chi connectivity index (χ1n) is 8.69. The molecule has 0 aliphatic heterocycles. The summed E-state index contributed by atoms with van der Waals surface area (Å²) in [4.78, 5) is 0. The molecule has 0 radical (unpaired) electrons. The number of hydrogen-bond donors (Lipinski definition) is 0. The second-order valence-corrected chi connectivity index (χ2v) is 6.53. The third kappa shape index (κ3) is 2.05. The van der Waals surface area contributed by atoms with Crippen LogP contribution in [-0.4, -0.2) is 14.2 Å². The van der Waals surface area contributed by atoms with Gasteiger partial charge < -0.3 is 9.47 Å². The molecule has 0 saturated heterocycles. The lowest BCUT2D eigenvalue weighted by atomic mass is 9.91. The standard InChI is InChI=1S/C24H18O2/c1-25-16-9-7-15-8-11-20-18-5-3-4-6-19(18)23-14-17(26-2)10-12-21(23)24(20)22(15)13-16/h3-14H,1-2H3. The van der Waals surface area contributed by atoms with Gasteiger partial charge in [0.15, 0.2) is 0 Å². The molecule has 2 nitrogen and oxygen atoms in total. The van der Waals surface area contributed by atoms with Crippen LogP contribution in [0, 0.1) is 0 Å². The molecule has 0 atom stereocenters. The molecule has 0 N–H and O–H groups in total. The summed E-state index contributed by atoms with van der Waals surface area (Å²) in [6, 6.07) is 25.6. The molecule has 0 aliphatic rings. The lowest BCUT2D eigenvalue weighted by molar-refractivity contribution is 0.415. The third-order valence-electron chi connectivity index (χ3n) is 5.23. The third-order valence-corrected chi connectivity index (χ3v) is 5.23. The van der Waals surface area contributed by atoms with E-state index < -0.39 is 0 Å². The lowest BCUT2D eigenvalue weighted by Crippen LogP contribution is -1.88. The predicted octanol–water partition coefficient (Wildman–Crippen LogP) is 6.32. The Bertz CT molecular complexity index is 1290. The van der Waals surface area contributed by atoms with Crippen molar-refractivity contribution >= 4 is 43.1 Å². The van der Waals surface area contributed by atoms with E-state index in [1.54, 1.807) is 14.2 Å². The van der Waals surface area contributed by atoms with Crippen molar-refractivity contribution in [3.8, 4) is 11.5 Å². The quantitative estimate of drug-likeness (QED) is 0.351. The van der Waals surface area contributed by atoms with Gasteiger partial charge in [0.1, 0.15) is 11.5 Å². The van der Waals surface area contributed by atoms with Crippen LogP contribution in [0.2, 0.25) is 0 Å². The van der Waals surface area contributed by atoms with Gasteiger partial charge in [0, 0.05) is 0 Å². The van der Waals surface area contributed by atoms with Gasteiger partial charge in [-0.25, -0.2) is 0 Å². The van der Waals surface area contributed by atoms with Crippen LogP contribution >= 0.6 is 0 Å². The summed E-state index contributed by atoms with van der Waals surface area (Å²) in [6.45, 7) is 0. The molecule has 2 heteroatoms. The average Bonchev–Trinajstić information content (AvgIpc) is 2.72. The summed E-state index contributed by atoms with van der Waals surface area (Å²) in [7, 11) is 3.43. The Labute approximate surface area is 151 Å². The minimum absolute atomic E-state index is 0.875. The molecule has 0 aliphatic carbocycles. The normalized spacial score (nSPS) is 11.5. The van der Waals surface area contributed by atoms with Crippen LogP contribution in [0.25, 0.3) is 43.1 Å². The number of hydrogen-bond acceptors (Lipinski definition) is 2. The molecule has 0 spiro atoms. The summed E-state index contributed by atoms with van der Waals surface area (Å²) in [5.41, 5.74) is 0. The molecule has 126 valence electrons. The Balaban J connectivity index is 2.11. The number of fused-ring (bicyclic) bond motifs is 8. The molecule has 0 unspecified atom stereocenters. The largest absolute Gasteiger partial charge is 0.497 e. The van der Waals surface area contributed by atoms with Crippen molar-refractivity contribution in [1.29, 1.82) is 0 Å². The van der Waals surface area contributed by atoms with E-state index in [2.05, 4.69) is 60.7 Å². The van der Waals surface area contributed by atoms with Crippen LogP contribution in [0.5, 0.6) is 11.5 Å². The molecule has 0 heterocycles.